The molecule has 0 bridgehead atoms. The van der Waals surface area contributed by atoms with Crippen molar-refractivity contribution in [2.75, 3.05) is 18.9 Å². The lowest BCUT2D eigenvalue weighted by Crippen LogP contribution is -2.48. The second-order valence-corrected chi connectivity index (χ2v) is 6.22. The lowest BCUT2D eigenvalue weighted by atomic mass is 9.89. The molecule has 1 heterocycles. The van der Waals surface area contributed by atoms with Crippen molar-refractivity contribution in [1.29, 1.82) is 0 Å². The van der Waals surface area contributed by atoms with Crippen LogP contribution in [0.15, 0.2) is 18.2 Å². The third-order valence-corrected chi connectivity index (χ3v) is 4.51. The Bertz CT molecular complexity index is 506. The lowest BCUT2D eigenvalue weighted by Gasteiger charge is -2.40. The fourth-order valence-electron chi connectivity index (χ4n) is 2.76. The number of hydrogen-bond donors (Lipinski definition) is 2. The zero-order valence-electron chi connectivity index (χ0n) is 12.2. The van der Waals surface area contributed by atoms with Gasteiger partial charge in [-0.3, -0.25) is 4.79 Å². The van der Waals surface area contributed by atoms with E-state index in [-0.39, 0.29) is 0 Å². The summed E-state index contributed by atoms with van der Waals surface area (Å²) in [5.74, 6) is 0.0635. The van der Waals surface area contributed by atoms with Crippen LogP contribution in [0.4, 0.5) is 5.69 Å². The Labute approximate surface area is 125 Å². The van der Waals surface area contributed by atoms with Crippen molar-refractivity contribution >= 4 is 23.2 Å². The Kier molecular flexibility index (Phi) is 4.55. The Morgan fingerprint density at radius 2 is 2.15 bits per heavy atom. The van der Waals surface area contributed by atoms with Crippen LogP contribution in [0.3, 0.4) is 0 Å². The van der Waals surface area contributed by atoms with Crippen molar-refractivity contribution in [2.24, 2.45) is 11.7 Å². The number of nitrogens with zero attached hydrogens (tertiary/aromatic N) is 1. The van der Waals surface area contributed by atoms with E-state index in [1.54, 1.807) is 12.1 Å². The maximum atomic E-state index is 11.2. The summed E-state index contributed by atoms with van der Waals surface area (Å²) < 4.78 is 0. The van der Waals surface area contributed by atoms with Crippen LogP contribution in [0, 0.1) is 5.92 Å². The number of carbonyl (C=O) groups is 1. The van der Waals surface area contributed by atoms with Crippen LogP contribution < -0.4 is 11.1 Å². The van der Waals surface area contributed by atoms with Gasteiger partial charge in [0, 0.05) is 24.3 Å². The zero-order chi connectivity index (χ0) is 14.9. The minimum atomic E-state index is -0.497. The van der Waals surface area contributed by atoms with Crippen molar-refractivity contribution in [3.05, 3.63) is 28.8 Å². The SMILES string of the molecule is CC1CN(C)C(C)CC1Nc1ccc(C(N)=O)c(Cl)c1. The van der Waals surface area contributed by atoms with Gasteiger partial charge in [0.25, 0.3) is 0 Å². The molecule has 1 amide bonds. The van der Waals surface area contributed by atoms with Gasteiger partial charge in [-0.1, -0.05) is 18.5 Å². The molecule has 1 aliphatic heterocycles. The third-order valence-electron chi connectivity index (χ3n) is 4.20. The van der Waals surface area contributed by atoms with Gasteiger partial charge in [-0.15, -0.1) is 0 Å². The monoisotopic (exact) mass is 295 g/mol. The first-order valence-electron chi connectivity index (χ1n) is 6.94. The molecule has 5 heteroatoms. The van der Waals surface area contributed by atoms with Gasteiger partial charge in [-0.2, -0.15) is 0 Å². The van der Waals surface area contributed by atoms with E-state index in [0.29, 0.717) is 28.6 Å². The van der Waals surface area contributed by atoms with Gasteiger partial charge in [0.1, 0.15) is 0 Å². The first-order valence-corrected chi connectivity index (χ1v) is 7.32. The highest BCUT2D eigenvalue weighted by molar-refractivity contribution is 6.34. The van der Waals surface area contributed by atoms with Crippen LogP contribution in [0.5, 0.6) is 0 Å². The van der Waals surface area contributed by atoms with Gasteiger partial charge in [-0.05, 0) is 44.5 Å². The smallest absolute Gasteiger partial charge is 0.250 e. The highest BCUT2D eigenvalue weighted by Crippen LogP contribution is 2.26. The molecule has 0 aromatic heterocycles. The van der Waals surface area contributed by atoms with Crippen molar-refractivity contribution in [2.45, 2.75) is 32.4 Å². The maximum Gasteiger partial charge on any atom is 0.250 e. The van der Waals surface area contributed by atoms with Crippen LogP contribution in [-0.2, 0) is 0 Å². The van der Waals surface area contributed by atoms with Crippen LogP contribution >= 0.6 is 11.6 Å². The first-order chi connectivity index (χ1) is 9.38. The van der Waals surface area contributed by atoms with Crippen molar-refractivity contribution in [1.82, 2.24) is 4.90 Å². The van der Waals surface area contributed by atoms with Crippen LogP contribution in [0.1, 0.15) is 30.6 Å². The summed E-state index contributed by atoms with van der Waals surface area (Å²) in [6.45, 7) is 5.56. The second-order valence-electron chi connectivity index (χ2n) is 5.81. The average molecular weight is 296 g/mol. The number of nitrogens with one attached hydrogen (secondary N) is 1. The van der Waals surface area contributed by atoms with E-state index < -0.39 is 5.91 Å². The highest BCUT2D eigenvalue weighted by Gasteiger charge is 2.28. The number of carbonyl (C=O) groups excluding carboxylic acids is 1. The van der Waals surface area contributed by atoms with Gasteiger partial charge >= 0.3 is 0 Å². The predicted octanol–water partition coefficient (Wildman–Crippen LogP) is 2.58. The lowest BCUT2D eigenvalue weighted by molar-refractivity contribution is 0.100. The van der Waals surface area contributed by atoms with Crippen molar-refractivity contribution in [3.63, 3.8) is 0 Å². The third kappa shape index (κ3) is 3.25. The van der Waals surface area contributed by atoms with Gasteiger partial charge in [0.15, 0.2) is 0 Å². The van der Waals surface area contributed by atoms with Gasteiger partial charge in [0.2, 0.25) is 5.91 Å². The molecule has 110 valence electrons. The van der Waals surface area contributed by atoms with Crippen LogP contribution in [0.2, 0.25) is 5.02 Å². The summed E-state index contributed by atoms with van der Waals surface area (Å²) in [5, 5.41) is 3.92. The number of primary amides is 1. The number of nitrogens with two attached hydrogens (primary N) is 1. The quantitative estimate of drug-likeness (QED) is 0.901. The zero-order valence-corrected chi connectivity index (χ0v) is 12.9. The molecule has 4 nitrogen and oxygen atoms in total. The molecule has 3 N–H and O–H groups in total. The predicted molar refractivity (Wildman–Crippen MR) is 83.3 cm³/mol. The van der Waals surface area contributed by atoms with Crippen molar-refractivity contribution < 1.29 is 4.79 Å². The largest absolute Gasteiger partial charge is 0.382 e. The Hall–Kier alpha value is -1.26. The minimum Gasteiger partial charge on any atom is -0.382 e. The van der Waals surface area contributed by atoms with Gasteiger partial charge in [-0.25, -0.2) is 0 Å². The molecule has 1 aromatic rings. The molecule has 2 rings (SSSR count). The summed E-state index contributed by atoms with van der Waals surface area (Å²) in [4.78, 5) is 13.5. The van der Waals surface area contributed by atoms with E-state index in [2.05, 4.69) is 31.1 Å². The minimum absolute atomic E-state index is 0.363. The molecule has 20 heavy (non-hydrogen) atoms. The molecular weight excluding hydrogens is 274 g/mol. The average Bonchev–Trinajstić information content (AvgIpc) is 2.35. The Balaban J connectivity index is 2.10. The number of amides is 1. The molecule has 0 saturated carbocycles. The van der Waals surface area contributed by atoms with Gasteiger partial charge < -0.3 is 16.0 Å². The summed E-state index contributed by atoms with van der Waals surface area (Å²) in [7, 11) is 2.16. The van der Waals surface area contributed by atoms with E-state index in [4.69, 9.17) is 17.3 Å². The van der Waals surface area contributed by atoms with E-state index in [9.17, 15) is 4.79 Å². The second kappa shape index (κ2) is 6.02. The van der Waals surface area contributed by atoms with Gasteiger partial charge in [0.05, 0.1) is 10.6 Å². The topological polar surface area (TPSA) is 58.4 Å². The van der Waals surface area contributed by atoms with Crippen LogP contribution in [-0.4, -0.2) is 36.5 Å². The Morgan fingerprint density at radius 1 is 1.45 bits per heavy atom. The molecule has 1 aliphatic rings. The summed E-state index contributed by atoms with van der Waals surface area (Å²) >= 11 is 6.08. The fourth-order valence-corrected chi connectivity index (χ4v) is 3.03. The molecule has 3 unspecified atom stereocenters. The maximum absolute atomic E-state index is 11.2. The number of anilines is 1. The van der Waals surface area contributed by atoms with Crippen LogP contribution in [0.25, 0.3) is 0 Å². The molecule has 0 spiro atoms. The molecule has 3 atom stereocenters. The molecular formula is C15H22ClN3O. The standard InChI is InChI=1S/C15H22ClN3O/c1-9-8-19(3)10(2)6-14(9)18-11-4-5-12(15(17)20)13(16)7-11/h4-5,7,9-10,14,18H,6,8H2,1-3H3,(H2,17,20). The van der Waals surface area contributed by atoms with E-state index in [1.165, 1.54) is 0 Å². The molecule has 0 aliphatic carbocycles. The molecule has 1 saturated heterocycles. The fraction of sp³-hybridized carbons (Fsp3) is 0.533. The first kappa shape index (κ1) is 15.1. The molecule has 0 radical (unpaired) electrons. The number of hydrogen-bond acceptors (Lipinski definition) is 3. The normalized spacial score (nSPS) is 27.3. The molecule has 1 fully saturated rings. The number of benzene rings is 1. The summed E-state index contributed by atoms with van der Waals surface area (Å²) in [6, 6.07) is 6.29. The summed E-state index contributed by atoms with van der Waals surface area (Å²) in [6.07, 6.45) is 1.09. The van der Waals surface area contributed by atoms with E-state index in [1.807, 2.05) is 6.07 Å². The molecule has 1 aromatic carbocycles. The number of halogens is 1. The number of rotatable bonds is 3. The number of piperidine rings is 1. The Morgan fingerprint density at radius 3 is 2.75 bits per heavy atom. The number of likely N-dealkylation sites (tertiary alicyclic amines) is 1. The van der Waals surface area contributed by atoms with Crippen molar-refractivity contribution in [3.8, 4) is 0 Å². The summed E-state index contributed by atoms with van der Waals surface area (Å²) in [5.41, 5.74) is 6.56. The van der Waals surface area contributed by atoms with E-state index in [0.717, 1.165) is 18.7 Å². The highest BCUT2D eigenvalue weighted by atomic mass is 35.5. The van der Waals surface area contributed by atoms with E-state index >= 15 is 0 Å².